The van der Waals surface area contributed by atoms with Crippen LogP contribution in [0, 0.1) is 20.8 Å². The fraction of sp³-hybridized carbons (Fsp3) is 0.367. The van der Waals surface area contributed by atoms with Crippen LogP contribution in [0.5, 0.6) is 5.75 Å². The molecular formula is C30H38N6O. The molecule has 1 saturated heterocycles. The number of nitrogens with one attached hydrogen (secondary N) is 3. The number of aliphatic imine (C=N–C) groups is 1. The Morgan fingerprint density at radius 3 is 2.35 bits per heavy atom. The molecule has 7 nitrogen and oxygen atoms in total. The van der Waals surface area contributed by atoms with Crippen LogP contribution in [-0.4, -0.2) is 62.1 Å². The summed E-state index contributed by atoms with van der Waals surface area (Å²) in [5.41, 5.74) is 15.5. The molecule has 3 N–H and O–H groups in total. The number of fused-ring (bicyclic) bond motifs is 1. The molecule has 2 heterocycles. The molecule has 0 amide bonds. The second kappa shape index (κ2) is 11.2. The molecule has 0 atom stereocenters. The van der Waals surface area contributed by atoms with Crippen molar-refractivity contribution in [2.75, 3.05) is 57.1 Å². The van der Waals surface area contributed by atoms with Crippen LogP contribution in [0.4, 0.5) is 17.1 Å². The van der Waals surface area contributed by atoms with E-state index in [1.54, 1.807) is 0 Å². The molecule has 2 aliphatic heterocycles. The lowest BCUT2D eigenvalue weighted by Crippen LogP contribution is -2.44. The molecule has 5 rings (SSSR count). The van der Waals surface area contributed by atoms with Crippen molar-refractivity contribution in [3.8, 4) is 16.9 Å². The van der Waals surface area contributed by atoms with Crippen LogP contribution < -0.4 is 20.9 Å². The van der Waals surface area contributed by atoms with Crippen LogP contribution in [0.25, 0.3) is 11.1 Å². The second-order valence-corrected chi connectivity index (χ2v) is 10.2. The molecule has 194 valence electrons. The van der Waals surface area contributed by atoms with E-state index in [0.29, 0.717) is 5.96 Å². The maximum atomic E-state index is 5.97. The molecule has 0 unspecified atom stereocenters. The van der Waals surface area contributed by atoms with E-state index in [2.05, 4.69) is 84.1 Å². The van der Waals surface area contributed by atoms with Crippen LogP contribution in [0.1, 0.15) is 23.1 Å². The summed E-state index contributed by atoms with van der Waals surface area (Å²) in [5, 5.41) is 3.36. The van der Waals surface area contributed by atoms with E-state index in [-0.39, 0.29) is 0 Å². The first-order valence-electron chi connectivity index (χ1n) is 13.2. The van der Waals surface area contributed by atoms with E-state index in [1.165, 1.54) is 22.3 Å². The van der Waals surface area contributed by atoms with Gasteiger partial charge in [0.2, 0.25) is 5.96 Å². The van der Waals surface area contributed by atoms with Gasteiger partial charge in [0, 0.05) is 38.4 Å². The summed E-state index contributed by atoms with van der Waals surface area (Å²) in [6, 6.07) is 18.9. The number of aryl methyl sites for hydroxylation is 3. The second-order valence-electron chi connectivity index (χ2n) is 10.2. The lowest BCUT2D eigenvalue weighted by Gasteiger charge is -2.32. The first-order chi connectivity index (χ1) is 18.0. The number of guanidine groups is 1. The van der Waals surface area contributed by atoms with Crippen LogP contribution in [0.2, 0.25) is 0 Å². The lowest BCUT2D eigenvalue weighted by atomic mass is 9.93. The van der Waals surface area contributed by atoms with Gasteiger partial charge in [-0.1, -0.05) is 18.2 Å². The van der Waals surface area contributed by atoms with Crippen LogP contribution in [0.15, 0.2) is 59.6 Å². The number of hydrogen-bond acceptors (Lipinski definition) is 7. The standard InChI is InChI=1S/C30H38N6O/c1-21-7-5-8-22(2)28(21)24-19-23(3)29-27(20-24)33-34-30(32-29)31-25-9-11-26(12-10-25)37-18-6-13-36-16-14-35(4)15-17-36/h5,7-12,19-20,33H,6,13-18H2,1-4H3,(H2,31,32,34). The van der Waals surface area contributed by atoms with E-state index in [0.717, 1.165) is 74.1 Å². The van der Waals surface area contributed by atoms with Crippen molar-refractivity contribution in [3.05, 3.63) is 71.3 Å². The zero-order valence-electron chi connectivity index (χ0n) is 22.4. The SMILES string of the molecule is Cc1cc(-c2c(C)cccc2C)cc2c1N=C(Nc1ccc(OCCCN3CCN(C)CC3)cc1)NN2. The zero-order chi connectivity index (χ0) is 25.8. The minimum Gasteiger partial charge on any atom is -0.494 e. The number of hydrazine groups is 1. The van der Waals surface area contributed by atoms with Gasteiger partial charge in [-0.3, -0.25) is 10.9 Å². The number of hydrogen-bond donors (Lipinski definition) is 3. The molecule has 3 aromatic rings. The Labute approximate surface area is 220 Å². The van der Waals surface area contributed by atoms with Gasteiger partial charge in [-0.25, -0.2) is 4.99 Å². The summed E-state index contributed by atoms with van der Waals surface area (Å²) >= 11 is 0. The highest BCUT2D eigenvalue weighted by Gasteiger charge is 2.17. The van der Waals surface area contributed by atoms with Gasteiger partial charge in [-0.05, 0) is 98.5 Å². The van der Waals surface area contributed by atoms with Gasteiger partial charge in [0.15, 0.2) is 0 Å². The highest BCUT2D eigenvalue weighted by Crippen LogP contribution is 2.37. The van der Waals surface area contributed by atoms with E-state index < -0.39 is 0 Å². The lowest BCUT2D eigenvalue weighted by molar-refractivity contribution is 0.145. The summed E-state index contributed by atoms with van der Waals surface area (Å²) < 4.78 is 5.97. The highest BCUT2D eigenvalue weighted by molar-refractivity contribution is 6.00. The van der Waals surface area contributed by atoms with Crippen LogP contribution >= 0.6 is 0 Å². The summed E-state index contributed by atoms with van der Waals surface area (Å²) in [6.45, 7) is 12.9. The van der Waals surface area contributed by atoms with Gasteiger partial charge >= 0.3 is 0 Å². The Bertz CT molecular complexity index is 1240. The third-order valence-electron chi connectivity index (χ3n) is 7.21. The molecule has 1 fully saturated rings. The third kappa shape index (κ3) is 6.06. The minimum absolute atomic E-state index is 0.663. The number of ether oxygens (including phenoxy) is 1. The summed E-state index contributed by atoms with van der Waals surface area (Å²) in [7, 11) is 2.19. The van der Waals surface area contributed by atoms with Gasteiger partial charge in [-0.15, -0.1) is 0 Å². The number of piperazine rings is 1. The summed E-state index contributed by atoms with van der Waals surface area (Å²) in [6.07, 6.45) is 1.04. The Morgan fingerprint density at radius 2 is 1.62 bits per heavy atom. The number of likely N-dealkylation sites (N-methyl/N-ethyl adjacent to an activating group) is 1. The molecule has 0 spiro atoms. The minimum atomic E-state index is 0.663. The normalized spacial score (nSPS) is 15.8. The van der Waals surface area contributed by atoms with Crippen molar-refractivity contribution in [3.63, 3.8) is 0 Å². The van der Waals surface area contributed by atoms with E-state index in [4.69, 9.17) is 9.73 Å². The van der Waals surface area contributed by atoms with Gasteiger partial charge in [-0.2, -0.15) is 0 Å². The maximum absolute atomic E-state index is 5.97. The maximum Gasteiger partial charge on any atom is 0.220 e. The predicted molar refractivity (Wildman–Crippen MR) is 154 cm³/mol. The fourth-order valence-electron chi connectivity index (χ4n) is 5.08. The summed E-state index contributed by atoms with van der Waals surface area (Å²) in [5.74, 6) is 1.55. The Balaban J connectivity index is 1.18. The molecule has 0 bridgehead atoms. The fourth-order valence-corrected chi connectivity index (χ4v) is 5.08. The number of benzene rings is 3. The molecule has 3 aromatic carbocycles. The largest absolute Gasteiger partial charge is 0.494 e. The predicted octanol–water partition coefficient (Wildman–Crippen LogP) is 5.32. The van der Waals surface area contributed by atoms with Crippen molar-refractivity contribution < 1.29 is 4.74 Å². The Kier molecular flexibility index (Phi) is 7.63. The average molecular weight is 499 g/mol. The Morgan fingerprint density at radius 1 is 0.892 bits per heavy atom. The monoisotopic (exact) mass is 498 g/mol. The van der Waals surface area contributed by atoms with E-state index in [9.17, 15) is 0 Å². The van der Waals surface area contributed by atoms with Gasteiger partial charge < -0.3 is 19.9 Å². The summed E-state index contributed by atoms with van der Waals surface area (Å²) in [4.78, 5) is 9.75. The molecule has 0 radical (unpaired) electrons. The topological polar surface area (TPSA) is 64.2 Å². The average Bonchev–Trinajstić information content (AvgIpc) is 2.89. The number of nitrogens with zero attached hydrogens (tertiary/aromatic N) is 3. The number of rotatable bonds is 7. The third-order valence-corrected chi connectivity index (χ3v) is 7.21. The van der Waals surface area contributed by atoms with Gasteiger partial charge in [0.05, 0.1) is 18.0 Å². The number of anilines is 2. The molecule has 0 saturated carbocycles. The zero-order valence-corrected chi connectivity index (χ0v) is 22.4. The van der Waals surface area contributed by atoms with Gasteiger partial charge in [0.1, 0.15) is 5.75 Å². The van der Waals surface area contributed by atoms with E-state index >= 15 is 0 Å². The quantitative estimate of drug-likeness (QED) is 0.383. The van der Waals surface area contributed by atoms with Crippen LogP contribution in [0.3, 0.4) is 0 Å². The molecule has 0 aliphatic carbocycles. The van der Waals surface area contributed by atoms with E-state index in [1.807, 2.05) is 24.3 Å². The molecular weight excluding hydrogens is 460 g/mol. The van der Waals surface area contributed by atoms with Crippen molar-refractivity contribution in [1.29, 1.82) is 0 Å². The molecule has 37 heavy (non-hydrogen) atoms. The molecule has 7 heteroatoms. The first-order valence-corrected chi connectivity index (χ1v) is 13.2. The molecule has 0 aromatic heterocycles. The highest BCUT2D eigenvalue weighted by atomic mass is 16.5. The Hall–Kier alpha value is -3.55. The van der Waals surface area contributed by atoms with Crippen molar-refractivity contribution >= 4 is 23.0 Å². The van der Waals surface area contributed by atoms with Crippen LogP contribution in [-0.2, 0) is 0 Å². The first kappa shape index (κ1) is 25.1. The van der Waals surface area contributed by atoms with Gasteiger partial charge in [0.25, 0.3) is 0 Å². The smallest absolute Gasteiger partial charge is 0.220 e. The van der Waals surface area contributed by atoms with Crippen molar-refractivity contribution in [2.45, 2.75) is 27.2 Å². The molecule has 2 aliphatic rings. The van der Waals surface area contributed by atoms with Crippen molar-refractivity contribution in [1.82, 2.24) is 15.2 Å². The van der Waals surface area contributed by atoms with Crippen molar-refractivity contribution in [2.24, 2.45) is 4.99 Å².